The van der Waals surface area contributed by atoms with Crippen molar-refractivity contribution >= 4 is 23.5 Å². The van der Waals surface area contributed by atoms with Crippen molar-refractivity contribution in [3.05, 3.63) is 58.5 Å². The summed E-state index contributed by atoms with van der Waals surface area (Å²) in [6, 6.07) is 10.8. The lowest BCUT2D eigenvalue weighted by atomic mass is 10.2. The number of aliphatic imine (C=N–C) groups is 1. The second-order valence-electron chi connectivity index (χ2n) is 4.81. The van der Waals surface area contributed by atoms with E-state index in [1.807, 2.05) is 31.2 Å². The number of hydrogen-bond acceptors (Lipinski definition) is 3. The van der Waals surface area contributed by atoms with Crippen LogP contribution in [0.2, 0.25) is 5.02 Å². The summed E-state index contributed by atoms with van der Waals surface area (Å²) in [5.41, 5.74) is 6.21. The summed E-state index contributed by atoms with van der Waals surface area (Å²) < 4.78 is 5.32. The largest absolute Gasteiger partial charge is 0.454 e. The molecule has 0 aliphatic heterocycles. The van der Waals surface area contributed by atoms with Crippen LogP contribution in [0.4, 0.5) is 0 Å². The van der Waals surface area contributed by atoms with Crippen LogP contribution in [-0.2, 0) is 13.1 Å². The molecule has 4 N–H and O–H groups in total. The Morgan fingerprint density at radius 2 is 1.96 bits per heavy atom. The molecule has 2 aromatic rings. The number of carbonyl (C=O) groups is 1. The number of halogens is 1. The van der Waals surface area contributed by atoms with Gasteiger partial charge in [-0.2, -0.15) is 0 Å². The number of nitrogens with zero attached hydrogens (tertiary/aromatic N) is 1. The maximum atomic E-state index is 11.0. The highest BCUT2D eigenvalue weighted by molar-refractivity contribution is 6.30. The first kappa shape index (κ1) is 16.9. The molecule has 1 aromatic carbocycles. The third kappa shape index (κ3) is 5.34. The van der Waals surface area contributed by atoms with Crippen molar-refractivity contribution < 1.29 is 9.21 Å². The normalized spacial score (nSPS) is 11.3. The van der Waals surface area contributed by atoms with Crippen molar-refractivity contribution in [3.8, 4) is 0 Å². The number of guanidine groups is 1. The Labute approximate surface area is 139 Å². The Balaban J connectivity index is 1.95. The molecule has 1 aromatic heterocycles. The van der Waals surface area contributed by atoms with E-state index in [1.54, 1.807) is 12.1 Å². The number of amides is 1. The van der Waals surface area contributed by atoms with Crippen LogP contribution in [0.15, 0.2) is 45.8 Å². The number of rotatable bonds is 6. The zero-order chi connectivity index (χ0) is 16.7. The van der Waals surface area contributed by atoms with Crippen molar-refractivity contribution in [1.82, 2.24) is 10.6 Å². The van der Waals surface area contributed by atoms with E-state index < -0.39 is 5.91 Å². The van der Waals surface area contributed by atoms with E-state index in [0.717, 1.165) is 12.1 Å². The summed E-state index contributed by atoms with van der Waals surface area (Å²) in [7, 11) is 0. The fraction of sp³-hybridized carbons (Fsp3) is 0.250. The van der Waals surface area contributed by atoms with Gasteiger partial charge in [-0.25, -0.2) is 4.99 Å². The van der Waals surface area contributed by atoms with E-state index in [9.17, 15) is 4.79 Å². The van der Waals surface area contributed by atoms with Crippen LogP contribution in [0.1, 0.15) is 28.8 Å². The van der Waals surface area contributed by atoms with Gasteiger partial charge in [-0.05, 0) is 36.8 Å². The molecule has 0 spiro atoms. The lowest BCUT2D eigenvalue weighted by Crippen LogP contribution is -2.36. The summed E-state index contributed by atoms with van der Waals surface area (Å²) in [5, 5.41) is 6.98. The molecule has 0 atom stereocenters. The first-order valence-electron chi connectivity index (χ1n) is 7.23. The molecule has 122 valence electrons. The minimum Gasteiger partial charge on any atom is -0.454 e. The molecule has 0 unspecified atom stereocenters. The summed E-state index contributed by atoms with van der Waals surface area (Å²) in [5.74, 6) is 0.819. The van der Waals surface area contributed by atoms with Crippen LogP contribution in [0.25, 0.3) is 0 Å². The summed E-state index contributed by atoms with van der Waals surface area (Å²) in [4.78, 5) is 15.5. The molecule has 1 heterocycles. The van der Waals surface area contributed by atoms with Crippen LogP contribution >= 0.6 is 11.6 Å². The monoisotopic (exact) mass is 334 g/mol. The lowest BCUT2D eigenvalue weighted by Gasteiger charge is -2.10. The maximum absolute atomic E-state index is 11.0. The molecule has 2 rings (SSSR count). The van der Waals surface area contributed by atoms with Gasteiger partial charge in [-0.1, -0.05) is 23.7 Å². The Morgan fingerprint density at radius 1 is 1.22 bits per heavy atom. The van der Waals surface area contributed by atoms with E-state index >= 15 is 0 Å². The molecule has 0 aliphatic carbocycles. The molecule has 0 fully saturated rings. The highest BCUT2D eigenvalue weighted by Crippen LogP contribution is 2.10. The third-order valence-electron chi connectivity index (χ3n) is 3.01. The molecule has 0 radical (unpaired) electrons. The van der Waals surface area contributed by atoms with E-state index in [-0.39, 0.29) is 5.76 Å². The van der Waals surface area contributed by atoms with Crippen LogP contribution in [-0.4, -0.2) is 18.4 Å². The quantitative estimate of drug-likeness (QED) is 0.558. The van der Waals surface area contributed by atoms with Crippen molar-refractivity contribution in [2.24, 2.45) is 10.7 Å². The van der Waals surface area contributed by atoms with Gasteiger partial charge in [0.1, 0.15) is 5.76 Å². The van der Waals surface area contributed by atoms with Crippen molar-refractivity contribution in [2.75, 3.05) is 6.54 Å². The van der Waals surface area contributed by atoms with Gasteiger partial charge in [-0.15, -0.1) is 0 Å². The number of benzene rings is 1. The first-order chi connectivity index (χ1) is 11.1. The van der Waals surface area contributed by atoms with E-state index in [0.29, 0.717) is 29.8 Å². The molecule has 0 saturated heterocycles. The van der Waals surface area contributed by atoms with Crippen LogP contribution in [0.5, 0.6) is 0 Å². The minimum atomic E-state index is -0.584. The van der Waals surface area contributed by atoms with Crippen molar-refractivity contribution in [2.45, 2.75) is 20.0 Å². The number of primary amides is 1. The molecule has 23 heavy (non-hydrogen) atoms. The molecular formula is C16H19ClN4O2. The average Bonchev–Trinajstić information content (AvgIpc) is 3.01. The molecule has 1 amide bonds. The fourth-order valence-electron chi connectivity index (χ4n) is 1.88. The van der Waals surface area contributed by atoms with Gasteiger partial charge in [-0.3, -0.25) is 4.79 Å². The molecular weight excluding hydrogens is 316 g/mol. The van der Waals surface area contributed by atoms with Gasteiger partial charge < -0.3 is 20.8 Å². The highest BCUT2D eigenvalue weighted by atomic mass is 35.5. The second-order valence-corrected chi connectivity index (χ2v) is 5.24. The molecule has 0 bridgehead atoms. The Bertz CT molecular complexity index is 680. The topological polar surface area (TPSA) is 92.6 Å². The van der Waals surface area contributed by atoms with E-state index in [4.69, 9.17) is 21.8 Å². The summed E-state index contributed by atoms with van der Waals surface area (Å²) in [6.45, 7) is 3.64. The van der Waals surface area contributed by atoms with Gasteiger partial charge in [0.2, 0.25) is 0 Å². The smallest absolute Gasteiger partial charge is 0.284 e. The maximum Gasteiger partial charge on any atom is 0.284 e. The summed E-state index contributed by atoms with van der Waals surface area (Å²) >= 11 is 5.86. The number of furan rings is 1. The number of carbonyl (C=O) groups excluding carboxylic acids is 1. The van der Waals surface area contributed by atoms with Gasteiger partial charge in [0, 0.05) is 11.6 Å². The second kappa shape index (κ2) is 8.24. The van der Waals surface area contributed by atoms with Gasteiger partial charge in [0.05, 0.1) is 13.1 Å². The van der Waals surface area contributed by atoms with Crippen LogP contribution in [0, 0.1) is 0 Å². The Hall–Kier alpha value is -2.47. The average molecular weight is 335 g/mol. The van der Waals surface area contributed by atoms with E-state index in [2.05, 4.69) is 15.6 Å². The Morgan fingerprint density at radius 3 is 2.57 bits per heavy atom. The Kier molecular flexibility index (Phi) is 6.05. The van der Waals surface area contributed by atoms with Crippen molar-refractivity contribution in [3.63, 3.8) is 0 Å². The van der Waals surface area contributed by atoms with Gasteiger partial charge >= 0.3 is 0 Å². The standard InChI is InChI=1S/C16H19ClN4O2/c1-2-19-16(20-9-11-3-5-12(17)6-4-11)21-10-13-7-8-14(23-13)15(18)22/h3-8H,2,9-10H2,1H3,(H2,18,22)(H2,19,20,21). The minimum absolute atomic E-state index is 0.143. The number of nitrogens with one attached hydrogen (secondary N) is 2. The molecule has 6 nitrogen and oxygen atoms in total. The van der Waals surface area contributed by atoms with Crippen molar-refractivity contribution in [1.29, 1.82) is 0 Å². The lowest BCUT2D eigenvalue weighted by molar-refractivity contribution is 0.0972. The van der Waals surface area contributed by atoms with Gasteiger partial charge in [0.25, 0.3) is 5.91 Å². The summed E-state index contributed by atoms with van der Waals surface area (Å²) in [6.07, 6.45) is 0. The van der Waals surface area contributed by atoms with Crippen LogP contribution in [0.3, 0.4) is 0 Å². The molecule has 0 saturated carbocycles. The molecule has 7 heteroatoms. The first-order valence-corrected chi connectivity index (χ1v) is 7.61. The SMILES string of the molecule is CCNC(=NCc1ccc(Cl)cc1)NCc1ccc(C(N)=O)o1. The third-order valence-corrected chi connectivity index (χ3v) is 3.26. The zero-order valence-corrected chi connectivity index (χ0v) is 13.6. The molecule has 0 aliphatic rings. The van der Waals surface area contributed by atoms with Gasteiger partial charge in [0.15, 0.2) is 11.7 Å². The predicted molar refractivity (Wildman–Crippen MR) is 90.3 cm³/mol. The zero-order valence-electron chi connectivity index (χ0n) is 12.8. The number of hydrogen-bond donors (Lipinski definition) is 3. The van der Waals surface area contributed by atoms with Crippen LogP contribution < -0.4 is 16.4 Å². The number of nitrogens with two attached hydrogens (primary N) is 1. The van der Waals surface area contributed by atoms with E-state index in [1.165, 1.54) is 0 Å². The highest BCUT2D eigenvalue weighted by Gasteiger charge is 2.07. The fourth-order valence-corrected chi connectivity index (χ4v) is 2.00. The predicted octanol–water partition coefficient (Wildman–Crippen LogP) is 2.29.